The Kier molecular flexibility index (Phi) is 4.97. The molecule has 3 aromatic heterocycles. The summed E-state index contributed by atoms with van der Waals surface area (Å²) in [5.41, 5.74) is 3.35. The molecule has 1 saturated heterocycles. The van der Waals surface area contributed by atoms with Gasteiger partial charge in [0.05, 0.1) is 35.1 Å². The fourth-order valence-electron chi connectivity index (χ4n) is 3.41. The smallest absolute Gasteiger partial charge is 0.0666 e. The molecule has 1 aliphatic rings. The van der Waals surface area contributed by atoms with Crippen LogP contribution in [0.2, 0.25) is 5.02 Å². The second-order valence-electron chi connectivity index (χ2n) is 6.52. The molecule has 0 N–H and O–H groups in total. The van der Waals surface area contributed by atoms with Crippen LogP contribution in [-0.4, -0.2) is 45.6 Å². The molecular formula is C19H21ClN4O. The van der Waals surface area contributed by atoms with Gasteiger partial charge >= 0.3 is 0 Å². The Morgan fingerprint density at radius 1 is 1.20 bits per heavy atom. The summed E-state index contributed by atoms with van der Waals surface area (Å²) >= 11 is 5.93. The van der Waals surface area contributed by atoms with Gasteiger partial charge in [-0.1, -0.05) is 11.6 Å². The molecular weight excluding hydrogens is 336 g/mol. The van der Waals surface area contributed by atoms with E-state index < -0.39 is 0 Å². The van der Waals surface area contributed by atoms with Crippen LogP contribution in [0.1, 0.15) is 11.4 Å². The minimum atomic E-state index is 0.420. The van der Waals surface area contributed by atoms with E-state index in [0.29, 0.717) is 10.9 Å². The Morgan fingerprint density at radius 3 is 3.04 bits per heavy atom. The lowest BCUT2D eigenvalue weighted by Gasteiger charge is -2.23. The molecule has 3 aromatic rings. The molecule has 0 spiro atoms. The molecule has 6 heteroatoms. The van der Waals surface area contributed by atoms with Crippen LogP contribution < -0.4 is 0 Å². The van der Waals surface area contributed by atoms with Crippen molar-refractivity contribution in [3.63, 3.8) is 0 Å². The summed E-state index contributed by atoms with van der Waals surface area (Å²) in [7, 11) is 0. The van der Waals surface area contributed by atoms with E-state index in [0.717, 1.165) is 50.7 Å². The lowest BCUT2D eigenvalue weighted by molar-refractivity contribution is 0.121. The molecule has 0 aliphatic carbocycles. The van der Waals surface area contributed by atoms with E-state index in [1.54, 1.807) is 6.20 Å². The molecule has 4 rings (SSSR count). The van der Waals surface area contributed by atoms with Gasteiger partial charge in [0.25, 0.3) is 0 Å². The van der Waals surface area contributed by atoms with Crippen molar-refractivity contribution in [1.29, 1.82) is 0 Å². The molecule has 0 radical (unpaired) electrons. The Bertz CT molecular complexity index is 833. The second-order valence-corrected chi connectivity index (χ2v) is 6.96. The van der Waals surface area contributed by atoms with Gasteiger partial charge in [0.1, 0.15) is 0 Å². The molecule has 0 aromatic carbocycles. The van der Waals surface area contributed by atoms with Gasteiger partial charge in [0, 0.05) is 50.3 Å². The lowest BCUT2D eigenvalue weighted by atomic mass is 10.0. The SMILES string of the molecule is Clc1ccc(CN2CCOCC(Cc3nccn4cccc34)C2)nc1. The number of nitrogens with zero attached hydrogens (tertiary/aromatic N) is 4. The molecule has 1 unspecified atom stereocenters. The fourth-order valence-corrected chi connectivity index (χ4v) is 3.52. The highest BCUT2D eigenvalue weighted by Gasteiger charge is 2.21. The molecule has 0 bridgehead atoms. The van der Waals surface area contributed by atoms with Crippen LogP contribution in [-0.2, 0) is 17.7 Å². The summed E-state index contributed by atoms with van der Waals surface area (Å²) in [5.74, 6) is 0.420. The predicted octanol–water partition coefficient (Wildman–Crippen LogP) is 3.07. The number of hydrogen-bond acceptors (Lipinski definition) is 4. The maximum Gasteiger partial charge on any atom is 0.0666 e. The zero-order valence-electron chi connectivity index (χ0n) is 14.0. The normalized spacial score (nSPS) is 19.2. The highest BCUT2D eigenvalue weighted by Crippen LogP contribution is 2.18. The van der Waals surface area contributed by atoms with Gasteiger partial charge in [-0.05, 0) is 30.7 Å². The first-order valence-electron chi connectivity index (χ1n) is 8.59. The minimum absolute atomic E-state index is 0.420. The number of pyridine rings is 1. The molecule has 5 nitrogen and oxygen atoms in total. The van der Waals surface area contributed by atoms with Crippen molar-refractivity contribution in [2.24, 2.45) is 5.92 Å². The zero-order valence-corrected chi connectivity index (χ0v) is 14.8. The molecule has 1 atom stereocenters. The summed E-state index contributed by atoms with van der Waals surface area (Å²) in [6, 6.07) is 8.07. The standard InChI is InChI=1S/C19H21ClN4O/c20-16-3-4-17(22-11-16)13-23-8-9-25-14-15(12-23)10-18-19-2-1-6-24(19)7-5-21-18/h1-7,11,15H,8-10,12-14H2. The second kappa shape index (κ2) is 7.52. The van der Waals surface area contributed by atoms with Crippen molar-refractivity contribution < 1.29 is 4.74 Å². The van der Waals surface area contributed by atoms with Crippen molar-refractivity contribution in [3.8, 4) is 0 Å². The Hall–Kier alpha value is -1.95. The van der Waals surface area contributed by atoms with Crippen LogP contribution >= 0.6 is 11.6 Å². The van der Waals surface area contributed by atoms with Gasteiger partial charge in [-0.15, -0.1) is 0 Å². The third kappa shape index (κ3) is 4.00. The maximum absolute atomic E-state index is 5.93. The van der Waals surface area contributed by atoms with Gasteiger partial charge in [0.15, 0.2) is 0 Å². The molecule has 0 saturated carbocycles. The number of ether oxygens (including phenoxy) is 1. The van der Waals surface area contributed by atoms with Crippen molar-refractivity contribution >= 4 is 17.1 Å². The first-order chi connectivity index (χ1) is 12.3. The van der Waals surface area contributed by atoms with Crippen LogP contribution in [0.5, 0.6) is 0 Å². The highest BCUT2D eigenvalue weighted by molar-refractivity contribution is 6.30. The molecule has 4 heterocycles. The van der Waals surface area contributed by atoms with E-state index in [-0.39, 0.29) is 0 Å². The summed E-state index contributed by atoms with van der Waals surface area (Å²) in [4.78, 5) is 11.4. The van der Waals surface area contributed by atoms with E-state index >= 15 is 0 Å². The van der Waals surface area contributed by atoms with Gasteiger partial charge in [-0.3, -0.25) is 14.9 Å². The van der Waals surface area contributed by atoms with Gasteiger partial charge in [-0.2, -0.15) is 0 Å². The average Bonchev–Trinajstić information content (AvgIpc) is 3.00. The Labute approximate surface area is 152 Å². The van der Waals surface area contributed by atoms with Crippen LogP contribution in [0.3, 0.4) is 0 Å². The molecule has 1 aliphatic heterocycles. The molecule has 25 heavy (non-hydrogen) atoms. The molecule has 0 amide bonds. The van der Waals surface area contributed by atoms with Crippen molar-refractivity contribution in [2.75, 3.05) is 26.3 Å². The van der Waals surface area contributed by atoms with E-state index in [4.69, 9.17) is 16.3 Å². The number of hydrogen-bond donors (Lipinski definition) is 0. The van der Waals surface area contributed by atoms with Crippen LogP contribution in [0.25, 0.3) is 5.52 Å². The fraction of sp³-hybridized carbons (Fsp3) is 0.368. The summed E-state index contributed by atoms with van der Waals surface area (Å²) in [5, 5.41) is 0.673. The monoisotopic (exact) mass is 356 g/mol. The third-order valence-electron chi connectivity index (χ3n) is 4.61. The average molecular weight is 357 g/mol. The molecule has 130 valence electrons. The maximum atomic E-state index is 5.93. The van der Waals surface area contributed by atoms with Crippen molar-refractivity contribution in [2.45, 2.75) is 13.0 Å². The molecule has 1 fully saturated rings. The van der Waals surface area contributed by atoms with E-state index in [2.05, 4.69) is 37.6 Å². The van der Waals surface area contributed by atoms with Gasteiger partial charge in [-0.25, -0.2) is 0 Å². The number of fused-ring (bicyclic) bond motifs is 1. The topological polar surface area (TPSA) is 42.7 Å². The highest BCUT2D eigenvalue weighted by atomic mass is 35.5. The van der Waals surface area contributed by atoms with E-state index in [1.165, 1.54) is 5.52 Å². The number of aromatic nitrogens is 3. The zero-order chi connectivity index (χ0) is 17.1. The minimum Gasteiger partial charge on any atom is -0.380 e. The summed E-state index contributed by atoms with van der Waals surface area (Å²) in [6.07, 6.45) is 8.54. The van der Waals surface area contributed by atoms with E-state index in [9.17, 15) is 0 Å². The lowest BCUT2D eigenvalue weighted by Crippen LogP contribution is -2.31. The van der Waals surface area contributed by atoms with Crippen LogP contribution in [0.4, 0.5) is 0 Å². The Balaban J connectivity index is 1.46. The van der Waals surface area contributed by atoms with Crippen molar-refractivity contribution in [1.82, 2.24) is 19.3 Å². The summed E-state index contributed by atoms with van der Waals surface area (Å²) in [6.45, 7) is 4.25. The Morgan fingerprint density at radius 2 is 2.16 bits per heavy atom. The predicted molar refractivity (Wildman–Crippen MR) is 97.7 cm³/mol. The van der Waals surface area contributed by atoms with Crippen LogP contribution in [0, 0.1) is 5.92 Å². The first kappa shape index (κ1) is 16.5. The number of rotatable bonds is 4. The summed E-state index contributed by atoms with van der Waals surface area (Å²) < 4.78 is 7.96. The quantitative estimate of drug-likeness (QED) is 0.720. The largest absolute Gasteiger partial charge is 0.380 e. The van der Waals surface area contributed by atoms with Crippen LogP contribution in [0.15, 0.2) is 49.1 Å². The van der Waals surface area contributed by atoms with Gasteiger partial charge in [0.2, 0.25) is 0 Å². The van der Waals surface area contributed by atoms with Crippen molar-refractivity contribution in [3.05, 3.63) is 65.5 Å². The van der Waals surface area contributed by atoms with Gasteiger partial charge < -0.3 is 9.14 Å². The third-order valence-corrected chi connectivity index (χ3v) is 4.83. The first-order valence-corrected chi connectivity index (χ1v) is 8.97. The van der Waals surface area contributed by atoms with E-state index in [1.807, 2.05) is 24.5 Å². The number of halogens is 1.